The van der Waals surface area contributed by atoms with E-state index in [-0.39, 0.29) is 5.25 Å². The van der Waals surface area contributed by atoms with Gasteiger partial charge in [0.2, 0.25) is 0 Å². The fraction of sp³-hybridized carbons (Fsp3) is 0.316. The normalized spacial score (nSPS) is 23.8. The van der Waals surface area contributed by atoms with Gasteiger partial charge in [0.05, 0.1) is 0 Å². The van der Waals surface area contributed by atoms with E-state index in [0.29, 0.717) is 13.0 Å². The Morgan fingerprint density at radius 2 is 1.83 bits per heavy atom. The van der Waals surface area contributed by atoms with Crippen LogP contribution < -0.4 is 5.32 Å². The van der Waals surface area contributed by atoms with Crippen molar-refractivity contribution >= 4 is 17.7 Å². The second kappa shape index (κ2) is 6.77. The molecule has 4 heteroatoms. The summed E-state index contributed by atoms with van der Waals surface area (Å²) in [6, 6.07) is 18.6. The van der Waals surface area contributed by atoms with E-state index < -0.39 is 11.5 Å². The summed E-state index contributed by atoms with van der Waals surface area (Å²) in [6.07, 6.45) is 0.677. The molecule has 2 aromatic carbocycles. The third-order valence-electron chi connectivity index (χ3n) is 4.61. The minimum atomic E-state index is -0.803. The van der Waals surface area contributed by atoms with Crippen LogP contribution in [0.15, 0.2) is 54.6 Å². The van der Waals surface area contributed by atoms with Crippen LogP contribution >= 0.6 is 11.8 Å². The molecule has 1 aliphatic heterocycles. The Hall–Kier alpha value is -1.78. The SMILES string of the molecule is CC1SCCC1(NCc1ccc(-c2ccccc2)cc1)C(=O)O. The lowest BCUT2D eigenvalue weighted by molar-refractivity contribution is -0.144. The first-order chi connectivity index (χ1) is 11.1. The van der Waals surface area contributed by atoms with E-state index in [4.69, 9.17) is 0 Å². The third kappa shape index (κ3) is 3.28. The number of carboxylic acid groups (broad SMARTS) is 1. The van der Waals surface area contributed by atoms with E-state index >= 15 is 0 Å². The number of hydrogen-bond acceptors (Lipinski definition) is 3. The van der Waals surface area contributed by atoms with Crippen molar-refractivity contribution in [2.24, 2.45) is 0 Å². The lowest BCUT2D eigenvalue weighted by Crippen LogP contribution is -2.55. The van der Waals surface area contributed by atoms with Crippen LogP contribution in [0, 0.1) is 0 Å². The van der Waals surface area contributed by atoms with Crippen LogP contribution in [-0.2, 0) is 11.3 Å². The number of hydrogen-bond donors (Lipinski definition) is 2. The van der Waals surface area contributed by atoms with E-state index in [0.717, 1.165) is 11.3 Å². The summed E-state index contributed by atoms with van der Waals surface area (Å²) in [4.78, 5) is 11.7. The maximum atomic E-state index is 11.7. The van der Waals surface area contributed by atoms with Crippen molar-refractivity contribution in [1.29, 1.82) is 0 Å². The number of carbonyl (C=O) groups is 1. The highest BCUT2D eigenvalue weighted by atomic mass is 32.2. The zero-order valence-electron chi connectivity index (χ0n) is 13.2. The number of benzene rings is 2. The first-order valence-electron chi connectivity index (χ1n) is 7.86. The van der Waals surface area contributed by atoms with Crippen LogP contribution in [0.3, 0.4) is 0 Å². The molecular weight excluding hydrogens is 306 g/mol. The highest BCUT2D eigenvalue weighted by Crippen LogP contribution is 2.36. The second-order valence-electron chi connectivity index (χ2n) is 5.96. The molecule has 1 aliphatic rings. The molecule has 0 bridgehead atoms. The lowest BCUT2D eigenvalue weighted by atomic mass is 9.92. The maximum absolute atomic E-state index is 11.7. The van der Waals surface area contributed by atoms with Gasteiger partial charge in [-0.25, -0.2) is 0 Å². The van der Waals surface area contributed by atoms with Crippen LogP contribution in [0.1, 0.15) is 18.9 Å². The Bertz CT molecular complexity index is 672. The van der Waals surface area contributed by atoms with Gasteiger partial charge in [-0.15, -0.1) is 0 Å². The largest absolute Gasteiger partial charge is 0.480 e. The van der Waals surface area contributed by atoms with E-state index in [1.165, 1.54) is 11.1 Å². The monoisotopic (exact) mass is 327 g/mol. The van der Waals surface area contributed by atoms with Gasteiger partial charge in [-0.2, -0.15) is 11.8 Å². The van der Waals surface area contributed by atoms with Crippen molar-refractivity contribution < 1.29 is 9.90 Å². The van der Waals surface area contributed by atoms with Crippen molar-refractivity contribution in [2.75, 3.05) is 5.75 Å². The van der Waals surface area contributed by atoms with Gasteiger partial charge in [0.25, 0.3) is 0 Å². The summed E-state index contributed by atoms with van der Waals surface area (Å²) in [5.74, 6) is 0.156. The summed E-state index contributed by atoms with van der Waals surface area (Å²) in [6.45, 7) is 2.57. The molecule has 1 saturated heterocycles. The van der Waals surface area contributed by atoms with Gasteiger partial charge in [0, 0.05) is 11.8 Å². The quantitative estimate of drug-likeness (QED) is 0.877. The zero-order chi connectivity index (χ0) is 16.3. The predicted octanol–water partition coefficient (Wildman–Crippen LogP) is 3.79. The topological polar surface area (TPSA) is 49.3 Å². The minimum absolute atomic E-state index is 0.0867. The van der Waals surface area contributed by atoms with Gasteiger partial charge < -0.3 is 5.11 Å². The smallest absolute Gasteiger partial charge is 0.325 e. The first kappa shape index (κ1) is 16.1. The van der Waals surface area contributed by atoms with Gasteiger partial charge in [-0.1, -0.05) is 61.5 Å². The number of carboxylic acids is 1. The van der Waals surface area contributed by atoms with E-state index in [1.54, 1.807) is 11.8 Å². The molecule has 1 fully saturated rings. The molecule has 1 heterocycles. The average molecular weight is 327 g/mol. The molecule has 23 heavy (non-hydrogen) atoms. The van der Waals surface area contributed by atoms with E-state index in [1.807, 2.05) is 25.1 Å². The molecule has 3 nitrogen and oxygen atoms in total. The standard InChI is InChI=1S/C19H21NO2S/c1-14-19(18(21)22,11-12-23-14)20-13-15-7-9-17(10-8-15)16-5-3-2-4-6-16/h2-10,14,20H,11-13H2,1H3,(H,21,22). The van der Waals surface area contributed by atoms with Gasteiger partial charge >= 0.3 is 5.97 Å². The molecule has 2 N–H and O–H groups in total. The molecule has 0 radical (unpaired) electrons. The van der Waals surface area contributed by atoms with Crippen molar-refractivity contribution in [1.82, 2.24) is 5.32 Å². The Balaban J connectivity index is 1.70. The molecule has 2 atom stereocenters. The summed E-state index contributed by atoms with van der Waals surface area (Å²) >= 11 is 1.72. The fourth-order valence-electron chi connectivity index (χ4n) is 3.04. The maximum Gasteiger partial charge on any atom is 0.325 e. The highest BCUT2D eigenvalue weighted by Gasteiger charge is 2.47. The highest BCUT2D eigenvalue weighted by molar-refractivity contribution is 8.00. The van der Waals surface area contributed by atoms with Crippen LogP contribution in [0.4, 0.5) is 0 Å². The van der Waals surface area contributed by atoms with Gasteiger partial charge in [0.1, 0.15) is 5.54 Å². The minimum Gasteiger partial charge on any atom is -0.480 e. The van der Waals surface area contributed by atoms with Gasteiger partial charge in [-0.05, 0) is 28.9 Å². The lowest BCUT2D eigenvalue weighted by Gasteiger charge is -2.29. The molecule has 120 valence electrons. The number of rotatable bonds is 5. The molecule has 0 spiro atoms. The van der Waals surface area contributed by atoms with Crippen LogP contribution in [0.2, 0.25) is 0 Å². The molecule has 0 aromatic heterocycles. The van der Waals surface area contributed by atoms with Crippen molar-refractivity contribution in [3.63, 3.8) is 0 Å². The number of aliphatic carboxylic acids is 1. The Labute approximate surface area is 141 Å². The van der Waals surface area contributed by atoms with E-state index in [9.17, 15) is 9.90 Å². The summed E-state index contributed by atoms with van der Waals surface area (Å²) in [5, 5.41) is 13.0. The van der Waals surface area contributed by atoms with Crippen LogP contribution in [0.5, 0.6) is 0 Å². The van der Waals surface area contributed by atoms with Crippen LogP contribution in [-0.4, -0.2) is 27.6 Å². The van der Waals surface area contributed by atoms with Crippen molar-refractivity contribution in [2.45, 2.75) is 30.7 Å². The Morgan fingerprint density at radius 1 is 1.17 bits per heavy atom. The molecular formula is C19H21NO2S. The number of nitrogens with one attached hydrogen (secondary N) is 1. The van der Waals surface area contributed by atoms with Gasteiger partial charge in [-0.3, -0.25) is 10.1 Å². The summed E-state index contributed by atoms with van der Waals surface area (Å²) < 4.78 is 0. The van der Waals surface area contributed by atoms with Crippen molar-refractivity contribution in [3.8, 4) is 11.1 Å². The Kier molecular flexibility index (Phi) is 4.74. The number of thioether (sulfide) groups is 1. The van der Waals surface area contributed by atoms with Gasteiger partial charge in [0.15, 0.2) is 0 Å². The summed E-state index contributed by atoms with van der Waals surface area (Å²) in [5.41, 5.74) is 2.67. The second-order valence-corrected chi connectivity index (χ2v) is 7.40. The molecule has 2 unspecified atom stereocenters. The van der Waals surface area contributed by atoms with Crippen molar-refractivity contribution in [3.05, 3.63) is 60.2 Å². The Morgan fingerprint density at radius 3 is 2.39 bits per heavy atom. The zero-order valence-corrected chi connectivity index (χ0v) is 14.0. The average Bonchev–Trinajstić information content (AvgIpc) is 2.96. The van der Waals surface area contributed by atoms with E-state index in [2.05, 4.69) is 41.7 Å². The summed E-state index contributed by atoms with van der Waals surface area (Å²) in [7, 11) is 0. The first-order valence-corrected chi connectivity index (χ1v) is 8.91. The fourth-order valence-corrected chi connectivity index (χ4v) is 4.42. The predicted molar refractivity (Wildman–Crippen MR) is 95.6 cm³/mol. The molecule has 0 saturated carbocycles. The third-order valence-corrected chi connectivity index (χ3v) is 5.95. The molecule has 0 aliphatic carbocycles. The van der Waals surface area contributed by atoms with Crippen LogP contribution in [0.25, 0.3) is 11.1 Å². The molecule has 3 rings (SSSR count). The molecule has 0 amide bonds. The molecule has 2 aromatic rings.